The van der Waals surface area contributed by atoms with Gasteiger partial charge in [-0.15, -0.1) is 0 Å². The van der Waals surface area contributed by atoms with Gasteiger partial charge in [0.2, 0.25) is 0 Å². The summed E-state index contributed by atoms with van der Waals surface area (Å²) in [4.78, 5) is 14.3. The molecule has 0 atom stereocenters. The smallest absolute Gasteiger partial charge is 0.328 e. The molecule has 0 aliphatic carbocycles. The van der Waals surface area contributed by atoms with Crippen molar-refractivity contribution in [3.8, 4) is 0 Å². The van der Waals surface area contributed by atoms with E-state index >= 15 is 0 Å². The van der Waals surface area contributed by atoms with Crippen LogP contribution in [-0.2, 0) is 4.79 Å². The monoisotopic (exact) mass is 191 g/mol. The van der Waals surface area contributed by atoms with Crippen LogP contribution in [-0.4, -0.2) is 16.1 Å². The van der Waals surface area contributed by atoms with E-state index in [9.17, 15) is 4.79 Å². The average Bonchev–Trinajstić information content (AvgIpc) is 2.15. The second-order valence-corrected chi connectivity index (χ2v) is 3.33. The van der Waals surface area contributed by atoms with Crippen LogP contribution in [0.1, 0.15) is 30.9 Å². The van der Waals surface area contributed by atoms with E-state index in [0.717, 1.165) is 17.2 Å². The van der Waals surface area contributed by atoms with E-state index in [4.69, 9.17) is 5.11 Å². The van der Waals surface area contributed by atoms with Crippen molar-refractivity contribution in [2.75, 3.05) is 0 Å². The third-order valence-corrected chi connectivity index (χ3v) is 1.91. The Kier molecular flexibility index (Phi) is 3.40. The van der Waals surface area contributed by atoms with E-state index < -0.39 is 5.97 Å². The standard InChI is InChI=1S/C11H13NO2/c1-8(2)10-5-6-12-7-9(10)3-4-11(13)14/h3-8H,1-2H3,(H,13,14). The summed E-state index contributed by atoms with van der Waals surface area (Å²) in [6.45, 7) is 4.13. The van der Waals surface area contributed by atoms with Crippen molar-refractivity contribution in [1.82, 2.24) is 4.98 Å². The molecule has 74 valence electrons. The number of hydrogen-bond donors (Lipinski definition) is 1. The second-order valence-electron chi connectivity index (χ2n) is 3.33. The highest BCUT2D eigenvalue weighted by molar-refractivity contribution is 5.85. The minimum atomic E-state index is -0.941. The van der Waals surface area contributed by atoms with Gasteiger partial charge in [-0.25, -0.2) is 4.79 Å². The van der Waals surface area contributed by atoms with Crippen molar-refractivity contribution in [2.45, 2.75) is 19.8 Å². The zero-order valence-corrected chi connectivity index (χ0v) is 8.27. The molecule has 1 heterocycles. The molecule has 0 unspecified atom stereocenters. The molecule has 0 fully saturated rings. The molecule has 0 amide bonds. The topological polar surface area (TPSA) is 50.2 Å². The van der Waals surface area contributed by atoms with E-state index in [0.29, 0.717) is 5.92 Å². The van der Waals surface area contributed by atoms with E-state index in [1.54, 1.807) is 18.5 Å². The maximum absolute atomic E-state index is 10.3. The summed E-state index contributed by atoms with van der Waals surface area (Å²) >= 11 is 0. The molecule has 14 heavy (non-hydrogen) atoms. The number of carboxylic acid groups (broad SMARTS) is 1. The molecule has 1 aromatic rings. The van der Waals surface area contributed by atoms with Crippen molar-refractivity contribution in [3.63, 3.8) is 0 Å². The first-order valence-corrected chi connectivity index (χ1v) is 4.46. The number of rotatable bonds is 3. The van der Waals surface area contributed by atoms with Crippen LogP contribution in [0.2, 0.25) is 0 Å². The normalized spacial score (nSPS) is 11.1. The molecule has 0 saturated heterocycles. The third-order valence-electron chi connectivity index (χ3n) is 1.91. The summed E-state index contributed by atoms with van der Waals surface area (Å²) in [5.41, 5.74) is 1.97. The molecule has 0 aromatic carbocycles. The molecule has 1 aromatic heterocycles. The fourth-order valence-electron chi connectivity index (χ4n) is 1.24. The van der Waals surface area contributed by atoms with Crippen LogP contribution in [0.5, 0.6) is 0 Å². The van der Waals surface area contributed by atoms with Crippen molar-refractivity contribution in [2.24, 2.45) is 0 Å². The van der Waals surface area contributed by atoms with E-state index in [2.05, 4.69) is 18.8 Å². The molecule has 0 bridgehead atoms. The Morgan fingerprint density at radius 1 is 1.57 bits per heavy atom. The summed E-state index contributed by atoms with van der Waals surface area (Å²) < 4.78 is 0. The van der Waals surface area contributed by atoms with Gasteiger partial charge in [0.25, 0.3) is 0 Å². The molecule has 0 spiro atoms. The van der Waals surface area contributed by atoms with Gasteiger partial charge in [-0.3, -0.25) is 4.98 Å². The zero-order chi connectivity index (χ0) is 10.6. The maximum atomic E-state index is 10.3. The Morgan fingerprint density at radius 2 is 2.29 bits per heavy atom. The Bertz CT molecular complexity index is 356. The number of aromatic nitrogens is 1. The van der Waals surface area contributed by atoms with Crippen LogP contribution in [0.15, 0.2) is 24.5 Å². The average molecular weight is 191 g/mol. The van der Waals surface area contributed by atoms with Crippen LogP contribution in [0, 0.1) is 0 Å². The second kappa shape index (κ2) is 4.56. The zero-order valence-electron chi connectivity index (χ0n) is 8.27. The van der Waals surface area contributed by atoms with Gasteiger partial charge in [0.1, 0.15) is 0 Å². The summed E-state index contributed by atoms with van der Waals surface area (Å²) in [7, 11) is 0. The highest BCUT2D eigenvalue weighted by Crippen LogP contribution is 2.18. The van der Waals surface area contributed by atoms with Crippen LogP contribution >= 0.6 is 0 Å². The number of hydrogen-bond acceptors (Lipinski definition) is 2. The number of nitrogens with zero attached hydrogens (tertiary/aromatic N) is 1. The van der Waals surface area contributed by atoms with Crippen molar-refractivity contribution >= 4 is 12.0 Å². The molecule has 3 nitrogen and oxygen atoms in total. The van der Waals surface area contributed by atoms with Gasteiger partial charge in [0, 0.05) is 18.5 Å². The predicted octanol–water partition coefficient (Wildman–Crippen LogP) is 2.30. The van der Waals surface area contributed by atoms with Crippen LogP contribution in [0.25, 0.3) is 6.08 Å². The van der Waals surface area contributed by atoms with Crippen LogP contribution < -0.4 is 0 Å². The van der Waals surface area contributed by atoms with E-state index in [1.165, 1.54) is 0 Å². The minimum absolute atomic E-state index is 0.367. The van der Waals surface area contributed by atoms with Crippen LogP contribution in [0.4, 0.5) is 0 Å². The number of aliphatic carboxylic acids is 1. The first-order valence-electron chi connectivity index (χ1n) is 4.46. The maximum Gasteiger partial charge on any atom is 0.328 e. The summed E-state index contributed by atoms with van der Waals surface area (Å²) in [5, 5.41) is 8.50. The SMILES string of the molecule is CC(C)c1ccncc1C=CC(=O)O. The molecular formula is C11H13NO2. The fourth-order valence-corrected chi connectivity index (χ4v) is 1.24. The third kappa shape index (κ3) is 2.69. The molecule has 0 aliphatic rings. The fraction of sp³-hybridized carbons (Fsp3) is 0.273. The summed E-state index contributed by atoms with van der Waals surface area (Å²) in [6, 6.07) is 1.91. The summed E-state index contributed by atoms with van der Waals surface area (Å²) in [5.74, 6) is -0.574. The van der Waals surface area contributed by atoms with Crippen LogP contribution in [0.3, 0.4) is 0 Å². The van der Waals surface area contributed by atoms with Gasteiger partial charge in [-0.05, 0) is 29.2 Å². The molecule has 3 heteroatoms. The molecule has 0 radical (unpaired) electrons. The first-order chi connectivity index (χ1) is 6.61. The molecule has 0 aliphatic heterocycles. The van der Waals surface area contributed by atoms with Gasteiger partial charge in [-0.2, -0.15) is 0 Å². The molecule has 1 rings (SSSR count). The lowest BCUT2D eigenvalue weighted by molar-refractivity contribution is -0.131. The first kappa shape index (κ1) is 10.4. The van der Waals surface area contributed by atoms with Gasteiger partial charge in [-0.1, -0.05) is 13.8 Å². The minimum Gasteiger partial charge on any atom is -0.478 e. The number of carbonyl (C=O) groups is 1. The van der Waals surface area contributed by atoms with Gasteiger partial charge in [0.05, 0.1) is 0 Å². The lowest BCUT2D eigenvalue weighted by Crippen LogP contribution is -1.93. The van der Waals surface area contributed by atoms with Gasteiger partial charge >= 0.3 is 5.97 Å². The Hall–Kier alpha value is -1.64. The molecule has 0 saturated carbocycles. The molecule has 1 N–H and O–H groups in total. The summed E-state index contributed by atoms with van der Waals surface area (Å²) in [6.07, 6.45) is 6.09. The van der Waals surface area contributed by atoms with Crippen molar-refractivity contribution in [1.29, 1.82) is 0 Å². The van der Waals surface area contributed by atoms with Crippen molar-refractivity contribution < 1.29 is 9.90 Å². The quantitative estimate of drug-likeness (QED) is 0.746. The van der Waals surface area contributed by atoms with Gasteiger partial charge in [0.15, 0.2) is 0 Å². The predicted molar refractivity (Wildman–Crippen MR) is 55.0 cm³/mol. The largest absolute Gasteiger partial charge is 0.478 e. The van der Waals surface area contributed by atoms with E-state index in [-0.39, 0.29) is 0 Å². The van der Waals surface area contributed by atoms with E-state index in [1.807, 2.05) is 6.07 Å². The Labute approximate surface area is 83.1 Å². The lowest BCUT2D eigenvalue weighted by atomic mass is 9.99. The highest BCUT2D eigenvalue weighted by Gasteiger charge is 2.03. The Balaban J connectivity index is 3.01. The number of carboxylic acids is 1. The number of pyridine rings is 1. The van der Waals surface area contributed by atoms with Crippen molar-refractivity contribution in [3.05, 3.63) is 35.7 Å². The Morgan fingerprint density at radius 3 is 2.86 bits per heavy atom. The highest BCUT2D eigenvalue weighted by atomic mass is 16.4. The van der Waals surface area contributed by atoms with Gasteiger partial charge < -0.3 is 5.11 Å². The molecular weight excluding hydrogens is 178 g/mol. The lowest BCUT2D eigenvalue weighted by Gasteiger charge is -2.07.